The minimum Gasteiger partial charge on any atom is -0.384 e. The third kappa shape index (κ3) is 3.10. The van der Waals surface area contributed by atoms with Gasteiger partial charge in [0.25, 0.3) is 0 Å². The number of carbonyl (C=O) groups excluding carboxylic acids is 1. The van der Waals surface area contributed by atoms with E-state index >= 15 is 0 Å². The molecule has 0 radical (unpaired) electrons. The van der Waals surface area contributed by atoms with E-state index in [-0.39, 0.29) is 18.6 Å². The lowest BCUT2D eigenvalue weighted by atomic mass is 10.2. The van der Waals surface area contributed by atoms with Crippen molar-refractivity contribution in [3.8, 4) is 11.8 Å². The highest BCUT2D eigenvalue weighted by atomic mass is 32.1. The molecule has 1 fully saturated rings. The van der Waals surface area contributed by atoms with E-state index in [2.05, 4.69) is 16.7 Å². The first-order valence-electron chi connectivity index (χ1n) is 5.91. The topological polar surface area (TPSA) is 66.6 Å². The molecule has 1 atom stereocenters. The molecule has 1 aliphatic rings. The van der Waals surface area contributed by atoms with Gasteiger partial charge in [0.2, 0.25) is 5.91 Å². The zero-order valence-electron chi connectivity index (χ0n) is 10.1. The van der Waals surface area contributed by atoms with E-state index in [9.17, 15) is 4.79 Å². The molecule has 3 N–H and O–H groups in total. The smallest absolute Gasteiger partial charge is 0.234 e. The summed E-state index contributed by atoms with van der Waals surface area (Å²) in [6, 6.07) is 1.88. The Morgan fingerprint density at radius 1 is 1.67 bits per heavy atom. The van der Waals surface area contributed by atoms with Crippen LogP contribution < -0.4 is 5.73 Å². The van der Waals surface area contributed by atoms with Gasteiger partial charge in [0.15, 0.2) is 0 Å². The molecule has 2 rings (SSSR count). The van der Waals surface area contributed by atoms with E-state index in [0.29, 0.717) is 0 Å². The summed E-state index contributed by atoms with van der Waals surface area (Å²) in [6.45, 7) is 1.54. The molecule has 0 spiro atoms. The molecule has 0 bridgehead atoms. The van der Waals surface area contributed by atoms with Crippen molar-refractivity contribution in [1.82, 2.24) is 4.90 Å². The first-order valence-corrected chi connectivity index (χ1v) is 6.79. The zero-order valence-corrected chi connectivity index (χ0v) is 10.9. The molecule has 0 saturated carbocycles. The Labute approximate surface area is 110 Å². The molecule has 1 amide bonds. The molecule has 5 heteroatoms. The van der Waals surface area contributed by atoms with Crippen LogP contribution in [0.4, 0.5) is 0 Å². The highest BCUT2D eigenvalue weighted by Gasteiger charge is 2.28. The van der Waals surface area contributed by atoms with Gasteiger partial charge in [0.1, 0.15) is 6.61 Å². The maximum atomic E-state index is 11.3. The number of rotatable bonds is 3. The Bertz CT molecular complexity index is 487. The lowest BCUT2D eigenvalue weighted by Crippen LogP contribution is -2.39. The molecule has 2 heterocycles. The van der Waals surface area contributed by atoms with E-state index < -0.39 is 0 Å². The third-order valence-corrected chi connectivity index (χ3v) is 3.94. The van der Waals surface area contributed by atoms with Crippen molar-refractivity contribution in [2.24, 2.45) is 5.73 Å². The van der Waals surface area contributed by atoms with E-state index in [1.54, 1.807) is 11.3 Å². The van der Waals surface area contributed by atoms with Crippen molar-refractivity contribution in [2.75, 3.05) is 13.2 Å². The van der Waals surface area contributed by atoms with Crippen molar-refractivity contribution in [2.45, 2.75) is 25.4 Å². The number of carbonyl (C=O) groups is 1. The van der Waals surface area contributed by atoms with Crippen LogP contribution in [-0.2, 0) is 11.3 Å². The summed E-state index contributed by atoms with van der Waals surface area (Å²) in [4.78, 5) is 14.6. The predicted molar refractivity (Wildman–Crippen MR) is 70.9 cm³/mol. The van der Waals surface area contributed by atoms with Gasteiger partial charge in [-0.15, -0.1) is 11.3 Å². The summed E-state index contributed by atoms with van der Waals surface area (Å²) in [5.41, 5.74) is 6.30. The van der Waals surface area contributed by atoms with Gasteiger partial charge < -0.3 is 10.8 Å². The molecule has 4 nitrogen and oxygen atoms in total. The Morgan fingerprint density at radius 2 is 2.50 bits per heavy atom. The van der Waals surface area contributed by atoms with Gasteiger partial charge in [0, 0.05) is 22.4 Å². The number of nitrogens with two attached hydrogens (primary N) is 1. The van der Waals surface area contributed by atoms with Crippen molar-refractivity contribution in [3.63, 3.8) is 0 Å². The van der Waals surface area contributed by atoms with Crippen LogP contribution in [0.5, 0.6) is 0 Å². The number of aliphatic hydroxyl groups is 1. The second kappa shape index (κ2) is 6.01. The van der Waals surface area contributed by atoms with Crippen molar-refractivity contribution < 1.29 is 9.90 Å². The Hall–Kier alpha value is -1.35. The van der Waals surface area contributed by atoms with Gasteiger partial charge in [-0.25, -0.2) is 0 Å². The van der Waals surface area contributed by atoms with Crippen LogP contribution in [0.1, 0.15) is 23.3 Å². The maximum absolute atomic E-state index is 11.3. The SMILES string of the molecule is NC(=O)C1CCCN1Cc1cc(C#CCO)cs1. The number of primary amides is 1. The highest BCUT2D eigenvalue weighted by Crippen LogP contribution is 2.23. The maximum Gasteiger partial charge on any atom is 0.234 e. The number of hydrogen-bond donors (Lipinski definition) is 2. The summed E-state index contributed by atoms with van der Waals surface area (Å²) in [6.07, 6.45) is 1.88. The number of hydrogen-bond acceptors (Lipinski definition) is 4. The second-order valence-electron chi connectivity index (χ2n) is 4.29. The highest BCUT2D eigenvalue weighted by molar-refractivity contribution is 7.10. The molecule has 18 heavy (non-hydrogen) atoms. The van der Waals surface area contributed by atoms with E-state index in [4.69, 9.17) is 10.8 Å². The van der Waals surface area contributed by atoms with Gasteiger partial charge in [0.05, 0.1) is 6.04 Å². The normalized spacial score (nSPS) is 19.5. The molecule has 1 aromatic heterocycles. The Morgan fingerprint density at radius 3 is 3.22 bits per heavy atom. The molecule has 1 aliphatic heterocycles. The Kier molecular flexibility index (Phi) is 4.37. The summed E-state index contributed by atoms with van der Waals surface area (Å²) in [5, 5.41) is 10.6. The number of aliphatic hydroxyl groups excluding tert-OH is 1. The molecular weight excluding hydrogens is 248 g/mol. The van der Waals surface area contributed by atoms with Crippen LogP contribution in [0, 0.1) is 11.8 Å². The number of likely N-dealkylation sites (tertiary alicyclic amines) is 1. The molecule has 1 saturated heterocycles. The van der Waals surface area contributed by atoms with E-state index in [0.717, 1.165) is 31.5 Å². The van der Waals surface area contributed by atoms with Crippen LogP contribution in [0.25, 0.3) is 0 Å². The van der Waals surface area contributed by atoms with Crippen LogP contribution >= 0.6 is 11.3 Å². The predicted octanol–water partition coefficient (Wildman–Crippen LogP) is 0.542. The number of thiophene rings is 1. The average molecular weight is 264 g/mol. The lowest BCUT2D eigenvalue weighted by Gasteiger charge is -2.20. The second-order valence-corrected chi connectivity index (χ2v) is 5.29. The van der Waals surface area contributed by atoms with Gasteiger partial charge >= 0.3 is 0 Å². The third-order valence-electron chi connectivity index (χ3n) is 3.02. The number of nitrogens with zero attached hydrogens (tertiary/aromatic N) is 1. The average Bonchev–Trinajstić information content (AvgIpc) is 2.96. The van der Waals surface area contributed by atoms with E-state index in [1.807, 2.05) is 11.4 Å². The Balaban J connectivity index is 2.01. The summed E-state index contributed by atoms with van der Waals surface area (Å²) >= 11 is 1.62. The van der Waals surface area contributed by atoms with Crippen molar-refractivity contribution in [3.05, 3.63) is 21.9 Å². The monoisotopic (exact) mass is 264 g/mol. The quantitative estimate of drug-likeness (QED) is 0.783. The van der Waals surface area contributed by atoms with Crippen LogP contribution in [0.2, 0.25) is 0 Å². The molecule has 1 aromatic rings. The van der Waals surface area contributed by atoms with Gasteiger partial charge in [-0.1, -0.05) is 11.8 Å². The molecule has 1 unspecified atom stereocenters. The lowest BCUT2D eigenvalue weighted by molar-refractivity contribution is -0.122. The zero-order chi connectivity index (χ0) is 13.0. The first kappa shape index (κ1) is 13.1. The van der Waals surface area contributed by atoms with Crippen LogP contribution in [0.15, 0.2) is 11.4 Å². The molecule has 96 valence electrons. The molecule has 0 aliphatic carbocycles. The van der Waals surface area contributed by atoms with Gasteiger partial charge in [-0.2, -0.15) is 0 Å². The summed E-state index contributed by atoms with van der Waals surface area (Å²) in [5.74, 6) is 5.26. The fourth-order valence-electron chi connectivity index (χ4n) is 2.21. The van der Waals surface area contributed by atoms with Crippen LogP contribution in [-0.4, -0.2) is 35.1 Å². The minimum absolute atomic E-state index is 0.124. The van der Waals surface area contributed by atoms with Gasteiger partial charge in [-0.05, 0) is 25.5 Å². The van der Waals surface area contributed by atoms with Crippen molar-refractivity contribution >= 4 is 17.2 Å². The van der Waals surface area contributed by atoms with Crippen LogP contribution in [0.3, 0.4) is 0 Å². The molecular formula is C13H16N2O2S. The molecule has 0 aromatic carbocycles. The summed E-state index contributed by atoms with van der Waals surface area (Å²) < 4.78 is 0. The fourth-order valence-corrected chi connectivity index (χ4v) is 3.05. The minimum atomic E-state index is -0.232. The van der Waals surface area contributed by atoms with E-state index in [1.165, 1.54) is 4.88 Å². The first-order chi connectivity index (χ1) is 8.70. The summed E-state index contributed by atoms with van der Waals surface area (Å²) in [7, 11) is 0. The standard InChI is InChI=1S/C13H16N2O2S/c14-13(17)12-4-1-5-15(12)8-11-7-10(9-18-11)3-2-6-16/h7,9,12,16H,1,4-6,8H2,(H2,14,17). The number of amides is 1. The van der Waals surface area contributed by atoms with Crippen molar-refractivity contribution in [1.29, 1.82) is 0 Å². The van der Waals surface area contributed by atoms with Gasteiger partial charge in [-0.3, -0.25) is 9.69 Å². The largest absolute Gasteiger partial charge is 0.384 e. The fraction of sp³-hybridized carbons (Fsp3) is 0.462.